The summed E-state index contributed by atoms with van der Waals surface area (Å²) in [4.78, 5) is 23.1. The maximum Gasteiger partial charge on any atom is 0.339 e. The highest BCUT2D eigenvalue weighted by atomic mass is 79.9. The zero-order valence-corrected chi connectivity index (χ0v) is 12.8. The van der Waals surface area contributed by atoms with E-state index in [1.54, 1.807) is 13.0 Å². The summed E-state index contributed by atoms with van der Waals surface area (Å²) in [6.45, 7) is 1.72. The van der Waals surface area contributed by atoms with E-state index in [2.05, 4.69) is 15.9 Å². The Morgan fingerprint density at radius 1 is 1.05 bits per heavy atom. The second-order valence-electron chi connectivity index (χ2n) is 4.43. The van der Waals surface area contributed by atoms with Gasteiger partial charge in [-0.3, -0.25) is 0 Å². The van der Waals surface area contributed by atoms with Crippen molar-refractivity contribution in [3.8, 4) is 0 Å². The van der Waals surface area contributed by atoms with Gasteiger partial charge in [-0.1, -0.05) is 46.3 Å². The molecule has 4 nitrogen and oxygen atoms in total. The zero-order valence-electron chi connectivity index (χ0n) is 11.2. The Hall–Kier alpha value is -2.14. The molecule has 0 N–H and O–H groups in total. The van der Waals surface area contributed by atoms with Gasteiger partial charge in [0.1, 0.15) is 6.10 Å². The number of hydrogen-bond donors (Lipinski definition) is 0. The highest BCUT2D eigenvalue weighted by Gasteiger charge is 2.17. The first-order valence-corrected chi connectivity index (χ1v) is 7.05. The highest BCUT2D eigenvalue weighted by molar-refractivity contribution is 9.10. The van der Waals surface area contributed by atoms with Crippen LogP contribution >= 0.6 is 15.9 Å². The molecular weight excluding hydrogens is 336 g/mol. The Labute approximate surface area is 130 Å². The molecule has 0 bridgehead atoms. The van der Waals surface area contributed by atoms with Crippen LogP contribution in [0.15, 0.2) is 53.0 Å². The minimum absolute atomic E-state index is 0.0125. The largest absolute Gasteiger partial charge is 0.545 e. The van der Waals surface area contributed by atoms with Gasteiger partial charge in [-0.25, -0.2) is 4.79 Å². The molecule has 0 radical (unpaired) electrons. The van der Waals surface area contributed by atoms with Gasteiger partial charge in [0, 0.05) is 10.0 Å². The quantitative estimate of drug-likeness (QED) is 0.797. The standard InChI is InChI=1S/C16H13BrO4/c1-10(11-6-8-12(17)9-7-11)21-16(20)14-5-3-2-4-13(14)15(18)19/h2-10H,1H3,(H,18,19)/p-1. The molecular formula is C16H12BrO4-. The molecule has 2 rings (SSSR count). The van der Waals surface area contributed by atoms with Crippen LogP contribution < -0.4 is 5.11 Å². The fourth-order valence-corrected chi connectivity index (χ4v) is 2.13. The van der Waals surface area contributed by atoms with Gasteiger partial charge < -0.3 is 14.6 Å². The summed E-state index contributed by atoms with van der Waals surface area (Å²) < 4.78 is 6.23. The minimum atomic E-state index is -1.40. The molecule has 1 unspecified atom stereocenters. The number of ether oxygens (including phenoxy) is 1. The third kappa shape index (κ3) is 3.70. The third-order valence-corrected chi connectivity index (χ3v) is 3.52. The lowest BCUT2D eigenvalue weighted by molar-refractivity contribution is -0.255. The number of carboxylic acid groups (broad SMARTS) is 1. The number of aromatic carboxylic acids is 1. The van der Waals surface area contributed by atoms with E-state index in [1.807, 2.05) is 24.3 Å². The molecule has 0 saturated carbocycles. The van der Waals surface area contributed by atoms with E-state index >= 15 is 0 Å². The molecule has 0 fully saturated rings. The Balaban J connectivity index is 2.18. The second-order valence-corrected chi connectivity index (χ2v) is 5.35. The number of halogens is 1. The molecule has 0 spiro atoms. The molecule has 0 aliphatic heterocycles. The van der Waals surface area contributed by atoms with E-state index in [0.29, 0.717) is 0 Å². The molecule has 0 saturated heterocycles. The molecule has 0 aliphatic carbocycles. The molecule has 2 aromatic rings. The van der Waals surface area contributed by atoms with Crippen molar-refractivity contribution in [2.45, 2.75) is 13.0 Å². The van der Waals surface area contributed by atoms with Crippen molar-refractivity contribution in [1.29, 1.82) is 0 Å². The lowest BCUT2D eigenvalue weighted by Crippen LogP contribution is -2.25. The number of carbonyl (C=O) groups excluding carboxylic acids is 2. The Morgan fingerprint density at radius 2 is 1.62 bits per heavy atom. The first-order valence-electron chi connectivity index (χ1n) is 6.26. The van der Waals surface area contributed by atoms with Crippen molar-refractivity contribution >= 4 is 27.9 Å². The van der Waals surface area contributed by atoms with Gasteiger partial charge in [-0.05, 0) is 30.7 Å². The lowest BCUT2D eigenvalue weighted by atomic mass is 10.1. The molecule has 0 aliphatic rings. The van der Waals surface area contributed by atoms with Crippen LogP contribution in [0.4, 0.5) is 0 Å². The van der Waals surface area contributed by atoms with E-state index in [9.17, 15) is 14.7 Å². The summed E-state index contributed by atoms with van der Waals surface area (Å²) in [6.07, 6.45) is -0.486. The lowest BCUT2D eigenvalue weighted by Gasteiger charge is -2.15. The topological polar surface area (TPSA) is 66.4 Å². The predicted molar refractivity (Wildman–Crippen MR) is 78.7 cm³/mol. The van der Waals surface area contributed by atoms with Crippen LogP contribution in [0.25, 0.3) is 0 Å². The van der Waals surface area contributed by atoms with Crippen LogP contribution in [0.5, 0.6) is 0 Å². The maximum absolute atomic E-state index is 12.1. The van der Waals surface area contributed by atoms with Gasteiger partial charge in [-0.15, -0.1) is 0 Å². The number of esters is 1. The highest BCUT2D eigenvalue weighted by Crippen LogP contribution is 2.21. The van der Waals surface area contributed by atoms with E-state index in [4.69, 9.17) is 4.74 Å². The van der Waals surface area contributed by atoms with Crippen molar-refractivity contribution in [3.05, 3.63) is 69.7 Å². The van der Waals surface area contributed by atoms with Crippen LogP contribution in [0.2, 0.25) is 0 Å². The molecule has 108 valence electrons. The molecule has 2 aromatic carbocycles. The smallest absolute Gasteiger partial charge is 0.339 e. The number of hydrogen-bond acceptors (Lipinski definition) is 4. The van der Waals surface area contributed by atoms with Crippen LogP contribution in [0.3, 0.4) is 0 Å². The summed E-state index contributed by atoms with van der Waals surface area (Å²) in [5, 5.41) is 11.0. The normalized spacial score (nSPS) is 11.7. The summed E-state index contributed by atoms with van der Waals surface area (Å²) in [5.74, 6) is -2.09. The maximum atomic E-state index is 12.1. The average molecular weight is 348 g/mol. The monoisotopic (exact) mass is 347 g/mol. The fraction of sp³-hybridized carbons (Fsp3) is 0.125. The number of carbonyl (C=O) groups is 2. The van der Waals surface area contributed by atoms with Crippen molar-refractivity contribution in [3.63, 3.8) is 0 Å². The summed E-state index contributed by atoms with van der Waals surface area (Å²) in [5.41, 5.74) is 0.629. The van der Waals surface area contributed by atoms with Gasteiger partial charge in [0.2, 0.25) is 0 Å². The van der Waals surface area contributed by atoms with Crippen LogP contribution in [0.1, 0.15) is 39.3 Å². The number of rotatable bonds is 4. The molecule has 21 heavy (non-hydrogen) atoms. The third-order valence-electron chi connectivity index (χ3n) is 2.99. The molecule has 0 aromatic heterocycles. The molecule has 1 atom stereocenters. The van der Waals surface area contributed by atoms with Gasteiger partial charge in [-0.2, -0.15) is 0 Å². The van der Waals surface area contributed by atoms with Gasteiger partial charge in [0.15, 0.2) is 0 Å². The van der Waals surface area contributed by atoms with E-state index in [1.165, 1.54) is 18.2 Å². The Bertz CT molecular complexity index is 664. The predicted octanol–water partition coefficient (Wildman–Crippen LogP) is 2.73. The van der Waals surface area contributed by atoms with Gasteiger partial charge >= 0.3 is 5.97 Å². The van der Waals surface area contributed by atoms with Crippen molar-refractivity contribution in [1.82, 2.24) is 0 Å². The Morgan fingerprint density at radius 3 is 2.19 bits per heavy atom. The number of benzene rings is 2. The summed E-state index contributed by atoms with van der Waals surface area (Å²) in [7, 11) is 0. The second kappa shape index (κ2) is 6.54. The summed E-state index contributed by atoms with van der Waals surface area (Å²) in [6, 6.07) is 13.2. The Kier molecular flexibility index (Phi) is 4.75. The summed E-state index contributed by atoms with van der Waals surface area (Å²) >= 11 is 3.33. The molecule has 0 heterocycles. The van der Waals surface area contributed by atoms with Crippen LogP contribution in [-0.4, -0.2) is 11.9 Å². The van der Waals surface area contributed by atoms with Gasteiger partial charge in [0.05, 0.1) is 11.5 Å². The van der Waals surface area contributed by atoms with Crippen molar-refractivity contribution < 1.29 is 19.4 Å². The SMILES string of the molecule is CC(OC(=O)c1ccccc1C(=O)[O-])c1ccc(Br)cc1. The molecule has 5 heteroatoms. The first kappa shape index (κ1) is 15.3. The minimum Gasteiger partial charge on any atom is -0.545 e. The van der Waals surface area contributed by atoms with Gasteiger partial charge in [0.25, 0.3) is 0 Å². The average Bonchev–Trinajstić information content (AvgIpc) is 2.47. The number of carboxylic acids is 1. The van der Waals surface area contributed by atoms with Crippen LogP contribution in [-0.2, 0) is 4.74 Å². The van der Waals surface area contributed by atoms with E-state index in [-0.39, 0.29) is 11.1 Å². The van der Waals surface area contributed by atoms with Crippen molar-refractivity contribution in [2.75, 3.05) is 0 Å². The van der Waals surface area contributed by atoms with Crippen LogP contribution in [0, 0.1) is 0 Å². The molecule has 0 amide bonds. The van der Waals surface area contributed by atoms with E-state index in [0.717, 1.165) is 10.0 Å². The van der Waals surface area contributed by atoms with Crippen molar-refractivity contribution in [2.24, 2.45) is 0 Å². The fourth-order valence-electron chi connectivity index (χ4n) is 1.86. The zero-order chi connectivity index (χ0) is 15.4. The first-order chi connectivity index (χ1) is 9.99. The van der Waals surface area contributed by atoms with E-state index < -0.39 is 18.0 Å².